The van der Waals surface area contributed by atoms with E-state index in [1.54, 1.807) is 12.3 Å². The van der Waals surface area contributed by atoms with Gasteiger partial charge in [-0.05, 0) is 48.1 Å². The van der Waals surface area contributed by atoms with Crippen LogP contribution in [0.4, 0.5) is 5.69 Å². The number of rotatable bonds is 3. The van der Waals surface area contributed by atoms with Crippen molar-refractivity contribution in [2.24, 2.45) is 16.7 Å². The van der Waals surface area contributed by atoms with E-state index in [1.165, 1.54) is 19.3 Å². The second kappa shape index (κ2) is 4.72. The number of nitrogens with zero attached hydrogens (tertiary/aromatic N) is 1. The zero-order valence-corrected chi connectivity index (χ0v) is 13.4. The van der Waals surface area contributed by atoms with Crippen LogP contribution in [0.5, 0.6) is 0 Å². The number of nitrogens with one attached hydrogen (secondary N) is 2. The summed E-state index contributed by atoms with van der Waals surface area (Å²) in [6.45, 7) is 6.92. The number of pyridine rings is 1. The van der Waals surface area contributed by atoms with E-state index < -0.39 is 0 Å². The highest BCUT2D eigenvalue weighted by Crippen LogP contribution is 2.62. The molecule has 3 atom stereocenters. The first-order valence-corrected chi connectivity index (χ1v) is 7.81. The second-order valence-electron chi connectivity index (χ2n) is 7.50. The molecule has 1 amide bonds. The minimum Gasteiger partial charge on any atom is -0.387 e. The molecule has 2 bridgehead atoms. The Morgan fingerprint density at radius 1 is 1.33 bits per heavy atom. The number of amides is 1. The molecular formula is C17H25N3O. The van der Waals surface area contributed by atoms with Gasteiger partial charge in [-0.1, -0.05) is 20.8 Å². The molecule has 2 aliphatic carbocycles. The summed E-state index contributed by atoms with van der Waals surface area (Å²) >= 11 is 0. The van der Waals surface area contributed by atoms with Crippen molar-refractivity contribution in [1.82, 2.24) is 10.3 Å². The van der Waals surface area contributed by atoms with Crippen LogP contribution < -0.4 is 10.6 Å². The van der Waals surface area contributed by atoms with Crippen LogP contribution >= 0.6 is 0 Å². The van der Waals surface area contributed by atoms with E-state index in [2.05, 4.69) is 36.4 Å². The van der Waals surface area contributed by atoms with Crippen LogP contribution in [0.25, 0.3) is 0 Å². The zero-order chi connectivity index (χ0) is 15.3. The number of hydrogen-bond acceptors (Lipinski definition) is 3. The van der Waals surface area contributed by atoms with Crippen molar-refractivity contribution in [2.45, 2.75) is 46.1 Å². The molecule has 2 saturated carbocycles. The number of aromatic nitrogens is 1. The lowest BCUT2D eigenvalue weighted by Gasteiger charge is -2.43. The zero-order valence-electron chi connectivity index (χ0n) is 13.4. The van der Waals surface area contributed by atoms with Crippen molar-refractivity contribution in [3.05, 3.63) is 24.0 Å². The van der Waals surface area contributed by atoms with Crippen molar-refractivity contribution >= 4 is 11.6 Å². The van der Waals surface area contributed by atoms with Gasteiger partial charge in [0.05, 0.1) is 11.9 Å². The van der Waals surface area contributed by atoms with Gasteiger partial charge >= 0.3 is 0 Å². The molecule has 0 spiro atoms. The molecule has 2 aliphatic rings. The third-order valence-corrected chi connectivity index (χ3v) is 5.83. The molecule has 2 N–H and O–H groups in total. The van der Waals surface area contributed by atoms with Crippen molar-refractivity contribution < 1.29 is 4.79 Å². The van der Waals surface area contributed by atoms with Crippen LogP contribution in [0.2, 0.25) is 0 Å². The lowest BCUT2D eigenvalue weighted by atomic mass is 9.68. The molecule has 0 saturated heterocycles. The Morgan fingerprint density at radius 2 is 2.10 bits per heavy atom. The minimum absolute atomic E-state index is 0.0514. The van der Waals surface area contributed by atoms with E-state index in [0.717, 1.165) is 11.6 Å². The summed E-state index contributed by atoms with van der Waals surface area (Å²) in [6, 6.07) is 3.90. The largest absolute Gasteiger partial charge is 0.387 e. The summed E-state index contributed by atoms with van der Waals surface area (Å²) in [4.78, 5) is 16.8. The van der Waals surface area contributed by atoms with Gasteiger partial charge in [-0.2, -0.15) is 0 Å². The molecule has 21 heavy (non-hydrogen) atoms. The quantitative estimate of drug-likeness (QED) is 0.898. The van der Waals surface area contributed by atoms with Crippen LogP contribution in [-0.2, 0) is 0 Å². The molecule has 3 rings (SSSR count). The van der Waals surface area contributed by atoms with E-state index >= 15 is 0 Å². The van der Waals surface area contributed by atoms with Gasteiger partial charge in [0.2, 0.25) is 0 Å². The number of fused-ring (bicyclic) bond motifs is 2. The van der Waals surface area contributed by atoms with E-state index in [0.29, 0.717) is 5.69 Å². The topological polar surface area (TPSA) is 54.0 Å². The van der Waals surface area contributed by atoms with Crippen molar-refractivity contribution in [3.63, 3.8) is 0 Å². The summed E-state index contributed by atoms with van der Waals surface area (Å²) < 4.78 is 0. The highest BCUT2D eigenvalue weighted by Gasteiger charge is 2.59. The maximum Gasteiger partial charge on any atom is 0.270 e. The molecule has 1 aromatic rings. The minimum atomic E-state index is -0.0514. The summed E-state index contributed by atoms with van der Waals surface area (Å²) in [5, 5.41) is 6.29. The lowest BCUT2D eigenvalue weighted by molar-refractivity contribution is 0.0733. The fourth-order valence-corrected chi connectivity index (χ4v) is 4.54. The van der Waals surface area contributed by atoms with Gasteiger partial charge in [0.15, 0.2) is 0 Å². The molecule has 0 radical (unpaired) electrons. The molecule has 1 heterocycles. The first-order chi connectivity index (χ1) is 9.87. The van der Waals surface area contributed by atoms with Crippen LogP contribution in [0.1, 0.15) is 50.5 Å². The van der Waals surface area contributed by atoms with Gasteiger partial charge in [0, 0.05) is 13.1 Å². The lowest BCUT2D eigenvalue weighted by Crippen LogP contribution is -2.52. The van der Waals surface area contributed by atoms with E-state index in [4.69, 9.17) is 0 Å². The van der Waals surface area contributed by atoms with Gasteiger partial charge < -0.3 is 10.6 Å². The fraction of sp³-hybridized carbons (Fsp3) is 0.647. The molecule has 2 fully saturated rings. The number of hydrogen-bond donors (Lipinski definition) is 2. The molecule has 1 aromatic heterocycles. The van der Waals surface area contributed by atoms with Crippen LogP contribution in [0.3, 0.4) is 0 Å². The molecule has 114 valence electrons. The van der Waals surface area contributed by atoms with Gasteiger partial charge in [-0.3, -0.25) is 4.79 Å². The first kappa shape index (κ1) is 14.4. The summed E-state index contributed by atoms with van der Waals surface area (Å²) in [5.41, 5.74) is 1.83. The first-order valence-electron chi connectivity index (χ1n) is 7.81. The third kappa shape index (κ3) is 2.21. The number of carbonyl (C=O) groups is 1. The van der Waals surface area contributed by atoms with E-state index in [-0.39, 0.29) is 22.8 Å². The highest BCUT2D eigenvalue weighted by atomic mass is 16.2. The van der Waals surface area contributed by atoms with Crippen molar-refractivity contribution in [3.8, 4) is 0 Å². The van der Waals surface area contributed by atoms with Gasteiger partial charge in [0.25, 0.3) is 5.91 Å². The van der Waals surface area contributed by atoms with Gasteiger partial charge in [0.1, 0.15) is 5.69 Å². The monoisotopic (exact) mass is 287 g/mol. The predicted molar refractivity (Wildman–Crippen MR) is 84.3 cm³/mol. The fourth-order valence-electron chi connectivity index (χ4n) is 4.54. The Kier molecular flexibility index (Phi) is 3.23. The summed E-state index contributed by atoms with van der Waals surface area (Å²) in [7, 11) is 1.84. The van der Waals surface area contributed by atoms with Gasteiger partial charge in [-0.25, -0.2) is 4.98 Å². The Hall–Kier alpha value is -1.58. The number of carbonyl (C=O) groups excluding carboxylic acids is 1. The van der Waals surface area contributed by atoms with Crippen LogP contribution in [0.15, 0.2) is 18.3 Å². The summed E-state index contributed by atoms with van der Waals surface area (Å²) in [6.07, 6.45) is 5.45. The Bertz CT molecular complexity index is 547. The maximum absolute atomic E-state index is 12.5. The Morgan fingerprint density at radius 3 is 2.62 bits per heavy atom. The second-order valence-corrected chi connectivity index (χ2v) is 7.50. The predicted octanol–water partition coefficient (Wildman–Crippen LogP) is 3.07. The molecule has 4 nitrogen and oxygen atoms in total. The molecule has 4 heteroatoms. The average Bonchev–Trinajstić information content (AvgIpc) is 2.94. The van der Waals surface area contributed by atoms with Crippen molar-refractivity contribution in [1.29, 1.82) is 0 Å². The number of anilines is 1. The molecule has 0 aromatic carbocycles. The van der Waals surface area contributed by atoms with E-state index in [1.807, 2.05) is 13.1 Å². The maximum atomic E-state index is 12.5. The Labute approximate surface area is 126 Å². The van der Waals surface area contributed by atoms with Crippen LogP contribution in [0, 0.1) is 16.7 Å². The SMILES string of the molecule is CNc1ccc(C(=O)NC2C3(C)CCC(C3)C2(C)C)nc1. The summed E-state index contributed by atoms with van der Waals surface area (Å²) in [5.74, 6) is 0.678. The average molecular weight is 287 g/mol. The van der Waals surface area contributed by atoms with E-state index in [9.17, 15) is 4.79 Å². The van der Waals surface area contributed by atoms with Crippen LogP contribution in [-0.4, -0.2) is 24.0 Å². The molecular weight excluding hydrogens is 262 g/mol. The molecule has 0 aliphatic heterocycles. The van der Waals surface area contributed by atoms with Crippen molar-refractivity contribution in [2.75, 3.05) is 12.4 Å². The Balaban J connectivity index is 1.78. The smallest absolute Gasteiger partial charge is 0.270 e. The molecule has 3 unspecified atom stereocenters. The van der Waals surface area contributed by atoms with Gasteiger partial charge in [-0.15, -0.1) is 0 Å². The normalized spacial score (nSPS) is 33.0. The standard InChI is InChI=1S/C17H25N3O/c1-16(2)11-7-8-17(3,9-11)15(16)20-14(21)13-6-5-12(18-4)10-19-13/h5-6,10-11,15,18H,7-9H2,1-4H3,(H,20,21). The third-order valence-electron chi connectivity index (χ3n) is 5.83. The highest BCUT2D eigenvalue weighted by molar-refractivity contribution is 5.92.